The van der Waals surface area contributed by atoms with Gasteiger partial charge in [-0.25, -0.2) is 9.97 Å². The van der Waals surface area contributed by atoms with Crippen LogP contribution in [0.15, 0.2) is 6.20 Å². The van der Waals surface area contributed by atoms with Crippen molar-refractivity contribution in [2.45, 2.75) is 20.0 Å². The number of carbonyl (C=O) groups is 1. The molecule has 0 aromatic carbocycles. The molecule has 1 saturated heterocycles. The molecule has 0 unspecified atom stereocenters. The van der Waals surface area contributed by atoms with Gasteiger partial charge in [0.2, 0.25) is 5.95 Å². The Morgan fingerprint density at radius 1 is 1.48 bits per heavy atom. The largest absolute Gasteiger partial charge is 0.378 e. The lowest BCUT2D eigenvalue weighted by Crippen LogP contribution is -2.37. The van der Waals surface area contributed by atoms with Crippen LogP contribution in [0.5, 0.6) is 0 Å². The van der Waals surface area contributed by atoms with E-state index in [1.165, 1.54) is 0 Å². The van der Waals surface area contributed by atoms with Gasteiger partial charge in [-0.05, 0) is 6.42 Å². The highest BCUT2D eigenvalue weighted by atomic mass is 16.5. The molecule has 7 heteroatoms. The van der Waals surface area contributed by atoms with Crippen molar-refractivity contribution < 1.29 is 14.3 Å². The number of carbonyl (C=O) groups excluding carboxylic acids is 1. The van der Waals surface area contributed by atoms with E-state index in [-0.39, 0.29) is 12.5 Å². The monoisotopic (exact) mass is 294 g/mol. The first-order chi connectivity index (χ1) is 10.3. The quantitative estimate of drug-likeness (QED) is 0.828. The van der Waals surface area contributed by atoms with Gasteiger partial charge in [-0.2, -0.15) is 0 Å². The van der Waals surface area contributed by atoms with E-state index in [1.807, 2.05) is 6.92 Å². The predicted octanol–water partition coefficient (Wildman–Crippen LogP) is 0.599. The highest BCUT2D eigenvalue weighted by Crippen LogP contribution is 2.14. The fraction of sp³-hybridized carbons (Fsp3) is 0.643. The topological polar surface area (TPSA) is 76.6 Å². The Kier molecular flexibility index (Phi) is 5.89. The van der Waals surface area contributed by atoms with E-state index < -0.39 is 0 Å². The minimum absolute atomic E-state index is 0.155. The summed E-state index contributed by atoms with van der Waals surface area (Å²) in [7, 11) is 1.59. The molecule has 1 fully saturated rings. The molecule has 0 saturated carbocycles. The predicted molar refractivity (Wildman–Crippen MR) is 78.4 cm³/mol. The average molecular weight is 294 g/mol. The number of hydrogen-bond donors (Lipinski definition) is 1. The number of anilines is 1. The molecule has 0 spiro atoms. The van der Waals surface area contributed by atoms with Crippen LogP contribution in [0.25, 0.3) is 0 Å². The number of hydrogen-bond acceptors (Lipinski definition) is 6. The van der Waals surface area contributed by atoms with Crippen molar-refractivity contribution in [3.8, 4) is 0 Å². The molecule has 116 valence electrons. The van der Waals surface area contributed by atoms with Crippen LogP contribution >= 0.6 is 0 Å². The van der Waals surface area contributed by atoms with E-state index in [0.29, 0.717) is 37.0 Å². The molecule has 1 aliphatic heterocycles. The molecule has 1 aliphatic rings. The Bertz CT molecular complexity index is 475. The number of nitrogens with one attached hydrogen (secondary N) is 1. The zero-order chi connectivity index (χ0) is 15.1. The first-order valence-corrected chi connectivity index (χ1v) is 7.22. The molecule has 0 atom stereocenters. The molecule has 2 rings (SSSR count). The maximum Gasteiger partial charge on any atom is 0.254 e. The molecule has 1 aromatic rings. The molecule has 0 bridgehead atoms. The molecular formula is C14H22N4O3. The summed E-state index contributed by atoms with van der Waals surface area (Å²) in [4.78, 5) is 23.0. The second-order valence-corrected chi connectivity index (χ2v) is 4.82. The van der Waals surface area contributed by atoms with Gasteiger partial charge in [-0.3, -0.25) is 4.79 Å². The molecule has 7 nitrogen and oxygen atoms in total. The van der Waals surface area contributed by atoms with Crippen LogP contribution in [-0.4, -0.2) is 55.8 Å². The second-order valence-electron chi connectivity index (χ2n) is 4.82. The Labute approximate surface area is 124 Å². The molecule has 1 amide bonds. The summed E-state index contributed by atoms with van der Waals surface area (Å²) < 4.78 is 10.5. The molecule has 21 heavy (non-hydrogen) atoms. The van der Waals surface area contributed by atoms with E-state index in [2.05, 4.69) is 20.2 Å². The molecular weight excluding hydrogens is 272 g/mol. The zero-order valence-electron chi connectivity index (χ0n) is 12.6. The van der Waals surface area contributed by atoms with Gasteiger partial charge < -0.3 is 19.7 Å². The van der Waals surface area contributed by atoms with Crippen molar-refractivity contribution in [2.24, 2.45) is 0 Å². The number of amides is 1. The minimum Gasteiger partial charge on any atom is -0.378 e. The van der Waals surface area contributed by atoms with Crippen molar-refractivity contribution in [3.05, 3.63) is 17.5 Å². The van der Waals surface area contributed by atoms with Crippen LogP contribution in [0.3, 0.4) is 0 Å². The summed E-state index contributed by atoms with van der Waals surface area (Å²) in [6.07, 6.45) is 2.47. The highest BCUT2D eigenvalue weighted by molar-refractivity contribution is 5.95. The van der Waals surface area contributed by atoms with Gasteiger partial charge in [0.25, 0.3) is 5.91 Å². The average Bonchev–Trinajstić information content (AvgIpc) is 2.53. The fourth-order valence-corrected chi connectivity index (χ4v) is 2.09. The Hall–Kier alpha value is -1.73. The highest BCUT2D eigenvalue weighted by Gasteiger charge is 2.18. The Morgan fingerprint density at radius 3 is 2.90 bits per heavy atom. The van der Waals surface area contributed by atoms with Gasteiger partial charge >= 0.3 is 0 Å². The minimum atomic E-state index is -0.155. The van der Waals surface area contributed by atoms with E-state index in [4.69, 9.17) is 9.47 Å². The van der Waals surface area contributed by atoms with E-state index in [1.54, 1.807) is 13.3 Å². The van der Waals surface area contributed by atoms with E-state index >= 15 is 0 Å². The van der Waals surface area contributed by atoms with Gasteiger partial charge in [0.15, 0.2) is 0 Å². The van der Waals surface area contributed by atoms with Gasteiger partial charge in [-0.1, -0.05) is 6.92 Å². The number of aromatic nitrogens is 2. The van der Waals surface area contributed by atoms with Crippen LogP contribution in [0.4, 0.5) is 5.95 Å². The third kappa shape index (κ3) is 4.12. The van der Waals surface area contributed by atoms with Gasteiger partial charge in [0.1, 0.15) is 0 Å². The maximum atomic E-state index is 12.1. The summed E-state index contributed by atoms with van der Waals surface area (Å²) in [5.41, 5.74) is 1.09. The molecule has 0 aliphatic carbocycles. The number of morpholine rings is 1. The molecule has 0 radical (unpaired) electrons. The lowest BCUT2D eigenvalue weighted by atomic mass is 10.2. The van der Waals surface area contributed by atoms with Gasteiger partial charge in [0.05, 0.1) is 31.1 Å². The van der Waals surface area contributed by atoms with Crippen LogP contribution in [0.1, 0.15) is 29.4 Å². The third-order valence-electron chi connectivity index (χ3n) is 3.21. The van der Waals surface area contributed by atoms with Crippen LogP contribution in [0.2, 0.25) is 0 Å². The summed E-state index contributed by atoms with van der Waals surface area (Å²) in [6.45, 7) is 5.78. The lowest BCUT2D eigenvalue weighted by molar-refractivity contribution is 0.0947. The number of methoxy groups -OCH3 is 1. The van der Waals surface area contributed by atoms with Crippen LogP contribution < -0.4 is 10.2 Å². The summed E-state index contributed by atoms with van der Waals surface area (Å²) in [5, 5.41) is 2.84. The number of ether oxygens (including phenoxy) is 2. The Morgan fingerprint density at radius 2 is 2.24 bits per heavy atom. The molecule has 1 aromatic heterocycles. The fourth-order valence-electron chi connectivity index (χ4n) is 2.09. The van der Waals surface area contributed by atoms with Crippen LogP contribution in [0, 0.1) is 0 Å². The summed E-state index contributed by atoms with van der Waals surface area (Å²) in [6, 6.07) is 0. The van der Waals surface area contributed by atoms with Crippen molar-refractivity contribution >= 4 is 11.9 Å². The van der Waals surface area contributed by atoms with Crippen molar-refractivity contribution in [1.29, 1.82) is 0 Å². The summed E-state index contributed by atoms with van der Waals surface area (Å²) in [5.74, 6) is 0.467. The first-order valence-electron chi connectivity index (χ1n) is 7.22. The number of nitrogens with zero attached hydrogens (tertiary/aromatic N) is 3. The van der Waals surface area contributed by atoms with E-state index in [9.17, 15) is 4.79 Å². The molecule has 2 heterocycles. The van der Waals surface area contributed by atoms with Gasteiger partial charge in [0, 0.05) is 32.9 Å². The first kappa shape index (κ1) is 15.7. The zero-order valence-corrected chi connectivity index (χ0v) is 12.6. The lowest BCUT2D eigenvalue weighted by Gasteiger charge is -2.27. The van der Waals surface area contributed by atoms with Crippen molar-refractivity contribution in [1.82, 2.24) is 15.3 Å². The SMILES string of the molecule is CCCNC(=O)c1cnc(N2CCOCC2)nc1COC. The molecule has 1 N–H and O–H groups in total. The van der Waals surface area contributed by atoms with Crippen molar-refractivity contribution in [3.63, 3.8) is 0 Å². The smallest absolute Gasteiger partial charge is 0.254 e. The van der Waals surface area contributed by atoms with E-state index in [0.717, 1.165) is 19.5 Å². The van der Waals surface area contributed by atoms with Gasteiger partial charge in [-0.15, -0.1) is 0 Å². The summed E-state index contributed by atoms with van der Waals surface area (Å²) >= 11 is 0. The normalized spacial score (nSPS) is 15.0. The Balaban J connectivity index is 2.19. The van der Waals surface area contributed by atoms with Crippen LogP contribution in [-0.2, 0) is 16.1 Å². The van der Waals surface area contributed by atoms with Crippen molar-refractivity contribution in [2.75, 3.05) is 44.9 Å². The third-order valence-corrected chi connectivity index (χ3v) is 3.21. The standard InChI is InChI=1S/C14H22N4O3/c1-3-4-15-13(19)11-9-16-14(17-12(11)10-20-2)18-5-7-21-8-6-18/h9H,3-8,10H2,1-2H3,(H,15,19). The maximum absolute atomic E-state index is 12.1. The second kappa shape index (κ2) is 7.90. The number of rotatable bonds is 6.